The van der Waals surface area contributed by atoms with Crippen LogP contribution in [0, 0.1) is 5.92 Å². The van der Waals surface area contributed by atoms with E-state index in [-0.39, 0.29) is 30.6 Å². The van der Waals surface area contributed by atoms with Gasteiger partial charge in [0, 0.05) is 31.8 Å². The molecule has 3 N–H and O–H groups in total. The van der Waals surface area contributed by atoms with Crippen LogP contribution < -0.4 is 15.4 Å². The number of aliphatic hydroxyl groups is 1. The topological polar surface area (TPSA) is 69.1 Å². The summed E-state index contributed by atoms with van der Waals surface area (Å²) in [6.07, 6.45) is 3.05. The lowest BCUT2D eigenvalue weighted by Gasteiger charge is -2.18. The number of aliphatic hydroxyl groups excluding tert-OH is 1. The summed E-state index contributed by atoms with van der Waals surface area (Å²) in [5, 5.41) is 15.9. The van der Waals surface area contributed by atoms with Crippen molar-refractivity contribution in [1.29, 1.82) is 0 Å². The van der Waals surface area contributed by atoms with Crippen molar-refractivity contribution >= 4 is 29.9 Å². The van der Waals surface area contributed by atoms with Crippen LogP contribution in [-0.4, -0.2) is 62.9 Å². The van der Waals surface area contributed by atoms with Crippen molar-refractivity contribution in [3.05, 3.63) is 29.8 Å². The summed E-state index contributed by atoms with van der Waals surface area (Å²) in [6, 6.07) is 8.07. The Balaban J connectivity index is 0.00000729. The molecule has 28 heavy (non-hydrogen) atoms. The van der Waals surface area contributed by atoms with E-state index < -0.39 is 0 Å². The summed E-state index contributed by atoms with van der Waals surface area (Å²) < 4.78 is 5.92. The summed E-state index contributed by atoms with van der Waals surface area (Å²) in [4.78, 5) is 6.83. The minimum absolute atomic E-state index is 0. The van der Waals surface area contributed by atoms with Gasteiger partial charge < -0.3 is 25.4 Å². The third-order valence-electron chi connectivity index (χ3n) is 4.31. The van der Waals surface area contributed by atoms with E-state index in [9.17, 15) is 5.11 Å². The van der Waals surface area contributed by atoms with Gasteiger partial charge in [0.15, 0.2) is 5.96 Å². The second-order valence-electron chi connectivity index (χ2n) is 7.00. The number of halogens is 1. The van der Waals surface area contributed by atoms with E-state index in [4.69, 9.17) is 9.73 Å². The lowest BCUT2D eigenvalue weighted by Crippen LogP contribution is -2.40. The Morgan fingerprint density at radius 3 is 2.57 bits per heavy atom. The Labute approximate surface area is 188 Å². The Bertz CT molecular complexity index is 535. The molecule has 0 heterocycles. The van der Waals surface area contributed by atoms with Gasteiger partial charge in [-0.3, -0.25) is 0 Å². The first kappa shape index (κ1) is 26.9. The van der Waals surface area contributed by atoms with Crippen molar-refractivity contribution in [2.75, 3.05) is 46.9 Å². The van der Waals surface area contributed by atoms with E-state index in [1.165, 1.54) is 0 Å². The van der Waals surface area contributed by atoms with Crippen molar-refractivity contribution in [2.45, 2.75) is 39.7 Å². The van der Waals surface area contributed by atoms with Gasteiger partial charge in [0.05, 0.1) is 6.54 Å². The van der Waals surface area contributed by atoms with E-state index in [0.717, 1.165) is 56.2 Å². The molecule has 0 aliphatic heterocycles. The molecule has 0 aromatic heterocycles. The number of rotatable bonds is 13. The molecule has 0 radical (unpaired) electrons. The van der Waals surface area contributed by atoms with Crippen LogP contribution in [0.2, 0.25) is 0 Å². The Hall–Kier alpha value is -1.06. The molecule has 1 unspecified atom stereocenters. The number of para-hydroxylation sites is 1. The van der Waals surface area contributed by atoms with E-state index in [1.807, 2.05) is 32.3 Å². The van der Waals surface area contributed by atoms with Crippen molar-refractivity contribution < 1.29 is 9.84 Å². The van der Waals surface area contributed by atoms with Gasteiger partial charge in [-0.15, -0.1) is 24.0 Å². The number of aliphatic imine (C=N–C) groups is 1. The van der Waals surface area contributed by atoms with Crippen molar-refractivity contribution in [2.24, 2.45) is 10.9 Å². The molecule has 0 saturated heterocycles. The first-order valence-electron chi connectivity index (χ1n) is 10.1. The zero-order valence-electron chi connectivity index (χ0n) is 17.9. The average molecular weight is 506 g/mol. The fourth-order valence-corrected chi connectivity index (χ4v) is 2.80. The first-order chi connectivity index (χ1) is 13.1. The number of benzene rings is 1. The third-order valence-corrected chi connectivity index (χ3v) is 4.31. The van der Waals surface area contributed by atoms with Gasteiger partial charge in [-0.25, -0.2) is 4.99 Å². The average Bonchev–Trinajstić information content (AvgIpc) is 2.65. The zero-order valence-corrected chi connectivity index (χ0v) is 20.2. The van der Waals surface area contributed by atoms with Crippen LogP contribution in [-0.2, 0) is 6.54 Å². The van der Waals surface area contributed by atoms with E-state index in [1.54, 1.807) is 0 Å². The highest BCUT2D eigenvalue weighted by Gasteiger charge is 2.09. The first-order valence-corrected chi connectivity index (χ1v) is 10.1. The van der Waals surface area contributed by atoms with Crippen LogP contribution in [0.5, 0.6) is 5.75 Å². The van der Waals surface area contributed by atoms with E-state index in [2.05, 4.69) is 35.4 Å². The number of likely N-dealkylation sites (N-methyl/N-ethyl adjacent to an activating group) is 1. The van der Waals surface area contributed by atoms with Gasteiger partial charge in [-0.2, -0.15) is 0 Å². The van der Waals surface area contributed by atoms with Crippen molar-refractivity contribution in [3.8, 4) is 5.75 Å². The summed E-state index contributed by atoms with van der Waals surface area (Å²) in [7, 11) is 4.08. The molecule has 1 atom stereocenters. The largest absolute Gasteiger partial charge is 0.492 e. The van der Waals surface area contributed by atoms with Gasteiger partial charge in [-0.05, 0) is 45.8 Å². The Kier molecular flexibility index (Phi) is 16.2. The second-order valence-corrected chi connectivity index (χ2v) is 7.00. The van der Waals surface area contributed by atoms with Crippen LogP contribution in [0.3, 0.4) is 0 Å². The highest BCUT2D eigenvalue weighted by atomic mass is 127. The van der Waals surface area contributed by atoms with E-state index in [0.29, 0.717) is 19.1 Å². The Morgan fingerprint density at radius 2 is 1.93 bits per heavy atom. The molecule has 1 aromatic carbocycles. The van der Waals surface area contributed by atoms with Gasteiger partial charge in [0.1, 0.15) is 12.4 Å². The molecule has 162 valence electrons. The quantitative estimate of drug-likeness (QED) is 0.218. The summed E-state index contributed by atoms with van der Waals surface area (Å²) >= 11 is 0. The summed E-state index contributed by atoms with van der Waals surface area (Å²) in [6.45, 7) is 8.21. The number of guanidine groups is 1. The maximum Gasteiger partial charge on any atom is 0.191 e. The van der Waals surface area contributed by atoms with Crippen molar-refractivity contribution in [3.63, 3.8) is 0 Å². The molecule has 1 aromatic rings. The standard InChI is InChI=1S/C21H38N4O2.HI/c1-5-9-18(12-14-26)16-23-21(22-6-2)24-17-19-10-7-8-11-20(19)27-15-13-25(3)4;/h7-8,10-11,18,26H,5-6,9,12-17H2,1-4H3,(H2,22,23,24);1H. The van der Waals surface area contributed by atoms with Crippen LogP contribution in [0.25, 0.3) is 0 Å². The zero-order chi connectivity index (χ0) is 19.9. The molecular weight excluding hydrogens is 467 g/mol. The molecule has 0 bridgehead atoms. The molecular formula is C21H39IN4O2. The monoisotopic (exact) mass is 506 g/mol. The number of nitrogens with one attached hydrogen (secondary N) is 2. The second kappa shape index (κ2) is 16.9. The minimum Gasteiger partial charge on any atom is -0.492 e. The third kappa shape index (κ3) is 11.7. The summed E-state index contributed by atoms with van der Waals surface area (Å²) in [5.74, 6) is 2.16. The lowest BCUT2D eigenvalue weighted by atomic mass is 10.0. The highest BCUT2D eigenvalue weighted by molar-refractivity contribution is 14.0. The molecule has 0 fully saturated rings. The molecule has 0 spiro atoms. The van der Waals surface area contributed by atoms with Crippen LogP contribution in [0.15, 0.2) is 29.3 Å². The fraction of sp³-hybridized carbons (Fsp3) is 0.667. The minimum atomic E-state index is 0. The smallest absolute Gasteiger partial charge is 0.191 e. The van der Waals surface area contributed by atoms with Crippen LogP contribution in [0.4, 0.5) is 0 Å². The summed E-state index contributed by atoms with van der Waals surface area (Å²) in [5.41, 5.74) is 1.08. The molecule has 1 rings (SSSR count). The number of ether oxygens (including phenoxy) is 1. The molecule has 7 heteroatoms. The number of nitrogens with zero attached hydrogens (tertiary/aromatic N) is 2. The normalized spacial score (nSPS) is 12.4. The highest BCUT2D eigenvalue weighted by Crippen LogP contribution is 2.18. The SMILES string of the molecule is CCCC(CCO)CNC(=NCc1ccccc1OCCN(C)C)NCC.I. The molecule has 0 amide bonds. The van der Waals surface area contributed by atoms with Crippen LogP contribution >= 0.6 is 24.0 Å². The molecule has 0 aliphatic carbocycles. The van der Waals surface area contributed by atoms with Gasteiger partial charge in [0.2, 0.25) is 0 Å². The number of hydrogen-bond donors (Lipinski definition) is 3. The van der Waals surface area contributed by atoms with Crippen molar-refractivity contribution in [1.82, 2.24) is 15.5 Å². The predicted molar refractivity (Wildman–Crippen MR) is 129 cm³/mol. The predicted octanol–water partition coefficient (Wildman–Crippen LogP) is 3.10. The fourth-order valence-electron chi connectivity index (χ4n) is 2.80. The molecule has 6 nitrogen and oxygen atoms in total. The van der Waals surface area contributed by atoms with E-state index >= 15 is 0 Å². The van der Waals surface area contributed by atoms with Gasteiger partial charge in [0.25, 0.3) is 0 Å². The van der Waals surface area contributed by atoms with Crippen LogP contribution in [0.1, 0.15) is 38.7 Å². The molecule has 0 saturated carbocycles. The molecule has 0 aliphatic rings. The maximum atomic E-state index is 9.23. The maximum absolute atomic E-state index is 9.23. The Morgan fingerprint density at radius 1 is 1.18 bits per heavy atom. The van der Waals surface area contributed by atoms with Gasteiger partial charge in [-0.1, -0.05) is 31.5 Å². The lowest BCUT2D eigenvalue weighted by molar-refractivity contribution is 0.251. The van der Waals surface area contributed by atoms with Gasteiger partial charge >= 0.3 is 0 Å². The number of hydrogen-bond acceptors (Lipinski definition) is 4.